The molecule has 4 nitrogen and oxygen atoms in total. The molecule has 0 saturated carbocycles. The normalized spacial score (nSPS) is 27.1. The maximum absolute atomic E-state index is 10.4. The lowest BCUT2D eigenvalue weighted by molar-refractivity contribution is -0.139. The van der Waals surface area contributed by atoms with Gasteiger partial charge < -0.3 is 10.2 Å². The third-order valence-corrected chi connectivity index (χ3v) is 2.58. The van der Waals surface area contributed by atoms with E-state index in [1.807, 2.05) is 4.90 Å². The standard InChI is InChI=1S/C9H17NO3/c1-7(11)8-3-2-4-10(5-8)6-9(12)13/h7-8,11H,2-6H2,1H3,(H,12,13). The van der Waals surface area contributed by atoms with Gasteiger partial charge in [-0.15, -0.1) is 0 Å². The topological polar surface area (TPSA) is 60.8 Å². The number of carbonyl (C=O) groups is 1. The fourth-order valence-corrected chi connectivity index (χ4v) is 1.82. The van der Waals surface area contributed by atoms with Gasteiger partial charge in [-0.1, -0.05) is 0 Å². The second-order valence-corrected chi connectivity index (χ2v) is 3.77. The zero-order chi connectivity index (χ0) is 9.84. The summed E-state index contributed by atoms with van der Waals surface area (Å²) in [6, 6.07) is 0. The monoisotopic (exact) mass is 187 g/mol. The van der Waals surface area contributed by atoms with Gasteiger partial charge in [0.25, 0.3) is 0 Å². The summed E-state index contributed by atoms with van der Waals surface area (Å²) in [7, 11) is 0. The molecule has 0 bridgehead atoms. The number of carboxylic acids is 1. The van der Waals surface area contributed by atoms with Crippen LogP contribution in [0.2, 0.25) is 0 Å². The summed E-state index contributed by atoms with van der Waals surface area (Å²) in [6.07, 6.45) is 1.67. The molecule has 13 heavy (non-hydrogen) atoms. The highest BCUT2D eigenvalue weighted by Gasteiger charge is 2.24. The minimum absolute atomic E-state index is 0.100. The van der Waals surface area contributed by atoms with Crippen LogP contribution in [0.15, 0.2) is 0 Å². The number of piperidine rings is 1. The summed E-state index contributed by atoms with van der Waals surface area (Å²) in [6.45, 7) is 3.43. The Hall–Kier alpha value is -0.610. The molecule has 0 aromatic carbocycles. The summed E-state index contributed by atoms with van der Waals surface area (Å²) in [4.78, 5) is 12.3. The molecule has 0 aromatic heterocycles. The van der Waals surface area contributed by atoms with Gasteiger partial charge in [0.2, 0.25) is 0 Å². The Kier molecular flexibility index (Phi) is 3.69. The van der Waals surface area contributed by atoms with Crippen LogP contribution in [0.25, 0.3) is 0 Å². The Morgan fingerprint density at radius 1 is 1.69 bits per heavy atom. The second kappa shape index (κ2) is 4.58. The van der Waals surface area contributed by atoms with Crippen molar-refractivity contribution in [1.82, 2.24) is 4.90 Å². The van der Waals surface area contributed by atoms with Gasteiger partial charge >= 0.3 is 5.97 Å². The van der Waals surface area contributed by atoms with Crippen molar-refractivity contribution in [3.63, 3.8) is 0 Å². The fourth-order valence-electron chi connectivity index (χ4n) is 1.82. The number of nitrogens with zero attached hydrogens (tertiary/aromatic N) is 1. The highest BCUT2D eigenvalue weighted by Crippen LogP contribution is 2.19. The van der Waals surface area contributed by atoms with E-state index in [2.05, 4.69) is 0 Å². The Bertz CT molecular complexity index is 182. The average molecular weight is 187 g/mol. The van der Waals surface area contributed by atoms with Crippen LogP contribution in [-0.4, -0.2) is 46.8 Å². The van der Waals surface area contributed by atoms with Crippen molar-refractivity contribution in [1.29, 1.82) is 0 Å². The van der Waals surface area contributed by atoms with E-state index in [0.29, 0.717) is 6.54 Å². The number of aliphatic hydroxyl groups excluding tert-OH is 1. The van der Waals surface area contributed by atoms with E-state index in [9.17, 15) is 9.90 Å². The molecule has 2 atom stereocenters. The van der Waals surface area contributed by atoms with E-state index in [1.54, 1.807) is 6.92 Å². The van der Waals surface area contributed by atoms with Crippen LogP contribution in [0, 0.1) is 5.92 Å². The van der Waals surface area contributed by atoms with Crippen LogP contribution >= 0.6 is 0 Å². The SMILES string of the molecule is CC(O)C1CCCN(CC(=O)O)C1. The highest BCUT2D eigenvalue weighted by atomic mass is 16.4. The molecule has 0 aromatic rings. The maximum Gasteiger partial charge on any atom is 0.317 e. The van der Waals surface area contributed by atoms with E-state index in [-0.39, 0.29) is 18.6 Å². The summed E-state index contributed by atoms with van der Waals surface area (Å²) < 4.78 is 0. The van der Waals surface area contributed by atoms with Gasteiger partial charge in [-0.2, -0.15) is 0 Å². The molecule has 76 valence electrons. The highest BCUT2D eigenvalue weighted by molar-refractivity contribution is 5.69. The van der Waals surface area contributed by atoms with Crippen molar-refractivity contribution in [3.8, 4) is 0 Å². The lowest BCUT2D eigenvalue weighted by Gasteiger charge is -2.32. The first-order chi connectivity index (χ1) is 6.09. The molecule has 0 radical (unpaired) electrons. The van der Waals surface area contributed by atoms with Crippen LogP contribution in [0.4, 0.5) is 0 Å². The third kappa shape index (κ3) is 3.32. The summed E-state index contributed by atoms with van der Waals surface area (Å²) >= 11 is 0. The van der Waals surface area contributed by atoms with Crippen molar-refractivity contribution in [2.75, 3.05) is 19.6 Å². The van der Waals surface area contributed by atoms with Crippen LogP contribution in [0.1, 0.15) is 19.8 Å². The first-order valence-electron chi connectivity index (χ1n) is 4.72. The average Bonchev–Trinajstić information content (AvgIpc) is 2.03. The van der Waals surface area contributed by atoms with Gasteiger partial charge in [0.15, 0.2) is 0 Å². The predicted molar refractivity (Wildman–Crippen MR) is 48.5 cm³/mol. The Labute approximate surface area is 78.2 Å². The van der Waals surface area contributed by atoms with Crippen molar-refractivity contribution in [2.45, 2.75) is 25.9 Å². The molecule has 2 N–H and O–H groups in total. The molecule has 2 unspecified atom stereocenters. The van der Waals surface area contributed by atoms with E-state index in [4.69, 9.17) is 5.11 Å². The van der Waals surface area contributed by atoms with E-state index >= 15 is 0 Å². The van der Waals surface area contributed by atoms with E-state index in [1.165, 1.54) is 0 Å². The molecule has 4 heteroatoms. The molecule has 1 aliphatic rings. The Morgan fingerprint density at radius 3 is 2.92 bits per heavy atom. The van der Waals surface area contributed by atoms with Crippen LogP contribution in [0.5, 0.6) is 0 Å². The molecule has 0 spiro atoms. The number of aliphatic hydroxyl groups is 1. The molecule has 1 aliphatic heterocycles. The number of carboxylic acid groups (broad SMARTS) is 1. The van der Waals surface area contributed by atoms with Gasteiger partial charge in [0.1, 0.15) is 0 Å². The van der Waals surface area contributed by atoms with E-state index < -0.39 is 5.97 Å². The third-order valence-electron chi connectivity index (χ3n) is 2.58. The van der Waals surface area contributed by atoms with E-state index in [0.717, 1.165) is 19.4 Å². The molecule has 0 amide bonds. The minimum atomic E-state index is -0.786. The minimum Gasteiger partial charge on any atom is -0.480 e. The number of aliphatic carboxylic acids is 1. The molecule has 1 heterocycles. The van der Waals surface area contributed by atoms with Crippen molar-refractivity contribution < 1.29 is 15.0 Å². The summed E-state index contributed by atoms with van der Waals surface area (Å²) in [5, 5.41) is 17.9. The molecule has 1 rings (SSSR count). The smallest absolute Gasteiger partial charge is 0.317 e. The zero-order valence-electron chi connectivity index (χ0n) is 7.94. The fraction of sp³-hybridized carbons (Fsp3) is 0.889. The quantitative estimate of drug-likeness (QED) is 0.661. The Balaban J connectivity index is 2.37. The molecule has 1 fully saturated rings. The van der Waals surface area contributed by atoms with Crippen LogP contribution < -0.4 is 0 Å². The van der Waals surface area contributed by atoms with Gasteiger partial charge in [0.05, 0.1) is 12.6 Å². The lowest BCUT2D eigenvalue weighted by Crippen LogP contribution is -2.41. The number of hydrogen-bond donors (Lipinski definition) is 2. The number of likely N-dealkylation sites (tertiary alicyclic amines) is 1. The van der Waals surface area contributed by atoms with Gasteiger partial charge in [-0.3, -0.25) is 9.69 Å². The maximum atomic E-state index is 10.4. The summed E-state index contributed by atoms with van der Waals surface area (Å²) in [5.74, 6) is -0.542. The molecular weight excluding hydrogens is 170 g/mol. The van der Waals surface area contributed by atoms with Crippen molar-refractivity contribution >= 4 is 5.97 Å². The zero-order valence-corrected chi connectivity index (χ0v) is 7.94. The predicted octanol–water partition coefficient (Wildman–Crippen LogP) is 0.164. The summed E-state index contributed by atoms with van der Waals surface area (Å²) in [5.41, 5.74) is 0. The largest absolute Gasteiger partial charge is 0.480 e. The molecule has 1 saturated heterocycles. The molecule has 0 aliphatic carbocycles. The van der Waals surface area contributed by atoms with Crippen molar-refractivity contribution in [3.05, 3.63) is 0 Å². The number of rotatable bonds is 3. The van der Waals surface area contributed by atoms with Gasteiger partial charge in [-0.25, -0.2) is 0 Å². The van der Waals surface area contributed by atoms with Crippen LogP contribution in [-0.2, 0) is 4.79 Å². The first kappa shape index (κ1) is 10.5. The molecular formula is C9H17NO3. The first-order valence-corrected chi connectivity index (χ1v) is 4.72. The van der Waals surface area contributed by atoms with Gasteiger partial charge in [-0.05, 0) is 32.2 Å². The lowest BCUT2D eigenvalue weighted by atomic mass is 9.93. The Morgan fingerprint density at radius 2 is 2.38 bits per heavy atom. The van der Waals surface area contributed by atoms with Crippen LogP contribution in [0.3, 0.4) is 0 Å². The number of hydrogen-bond acceptors (Lipinski definition) is 3. The second-order valence-electron chi connectivity index (χ2n) is 3.77. The van der Waals surface area contributed by atoms with Gasteiger partial charge in [0, 0.05) is 6.54 Å². The van der Waals surface area contributed by atoms with Crippen molar-refractivity contribution in [2.24, 2.45) is 5.92 Å².